The lowest BCUT2D eigenvalue weighted by molar-refractivity contribution is 0.0418. The van der Waals surface area contributed by atoms with E-state index in [0.29, 0.717) is 18.4 Å². The number of hydrogen-bond acceptors (Lipinski definition) is 3. The molecular weight excluding hydrogens is 248 g/mol. The number of hydrogen-bond donors (Lipinski definition) is 1. The predicted octanol–water partition coefficient (Wildman–Crippen LogP) is 3.69. The topological polar surface area (TPSA) is 48.1 Å². The molecule has 2 N–H and O–H groups in total. The molecule has 1 aliphatic carbocycles. The van der Waals surface area contributed by atoms with Gasteiger partial charge in [-0.2, -0.15) is 0 Å². The number of pyridine rings is 1. The summed E-state index contributed by atoms with van der Waals surface area (Å²) in [6.45, 7) is 9.39. The van der Waals surface area contributed by atoms with Crippen molar-refractivity contribution in [2.75, 3.05) is 0 Å². The van der Waals surface area contributed by atoms with Gasteiger partial charge in [0.2, 0.25) is 5.88 Å². The summed E-state index contributed by atoms with van der Waals surface area (Å²) in [4.78, 5) is 4.55. The van der Waals surface area contributed by atoms with Gasteiger partial charge >= 0.3 is 0 Å². The first-order chi connectivity index (χ1) is 9.51. The molecule has 3 nitrogen and oxygen atoms in total. The lowest BCUT2D eigenvalue weighted by atomic mass is 9.75. The second-order valence-electron chi connectivity index (χ2n) is 6.60. The Kier molecular flexibility index (Phi) is 5.03. The average molecular weight is 276 g/mol. The fourth-order valence-corrected chi connectivity index (χ4v) is 3.21. The van der Waals surface area contributed by atoms with Gasteiger partial charge in [-0.1, -0.05) is 33.3 Å². The third-order valence-electron chi connectivity index (χ3n) is 4.52. The van der Waals surface area contributed by atoms with Gasteiger partial charge in [-0.25, -0.2) is 4.98 Å². The van der Waals surface area contributed by atoms with Crippen LogP contribution in [0.25, 0.3) is 0 Å². The summed E-state index contributed by atoms with van der Waals surface area (Å²) in [5.41, 5.74) is 7.81. The summed E-state index contributed by atoms with van der Waals surface area (Å²) in [7, 11) is 0. The molecule has 112 valence electrons. The minimum absolute atomic E-state index is 0.276. The van der Waals surface area contributed by atoms with Crippen LogP contribution in [0.3, 0.4) is 0 Å². The standard InChI is InChI=1S/C17H28N2O/c1-11(2)15-8-5-12(3)9-16(15)20-17-14(10-18)7-6-13(4)19-17/h6-7,11-12,15-16H,5,8-10,18H2,1-4H3. The second kappa shape index (κ2) is 6.57. The highest BCUT2D eigenvalue weighted by Gasteiger charge is 2.32. The molecule has 3 atom stereocenters. The van der Waals surface area contributed by atoms with Crippen LogP contribution in [0.5, 0.6) is 5.88 Å². The molecule has 3 unspecified atom stereocenters. The van der Waals surface area contributed by atoms with Crippen LogP contribution in [0.1, 0.15) is 51.3 Å². The van der Waals surface area contributed by atoms with E-state index in [9.17, 15) is 0 Å². The molecule has 1 aromatic rings. The molecule has 0 spiro atoms. The molecule has 20 heavy (non-hydrogen) atoms. The van der Waals surface area contributed by atoms with Crippen molar-refractivity contribution in [1.29, 1.82) is 0 Å². The molecule has 0 bridgehead atoms. The zero-order valence-corrected chi connectivity index (χ0v) is 13.2. The minimum atomic E-state index is 0.276. The van der Waals surface area contributed by atoms with E-state index in [2.05, 4.69) is 25.8 Å². The van der Waals surface area contributed by atoms with Crippen LogP contribution in [0.4, 0.5) is 0 Å². The van der Waals surface area contributed by atoms with E-state index in [-0.39, 0.29) is 6.10 Å². The maximum absolute atomic E-state index is 6.31. The fraction of sp³-hybridized carbons (Fsp3) is 0.706. The van der Waals surface area contributed by atoms with Crippen LogP contribution in [-0.2, 0) is 6.54 Å². The first-order valence-corrected chi connectivity index (χ1v) is 7.84. The molecular formula is C17H28N2O. The van der Waals surface area contributed by atoms with Gasteiger partial charge in [0.1, 0.15) is 6.10 Å². The van der Waals surface area contributed by atoms with Crippen molar-refractivity contribution in [3.05, 3.63) is 23.4 Å². The van der Waals surface area contributed by atoms with E-state index >= 15 is 0 Å². The van der Waals surface area contributed by atoms with E-state index in [1.165, 1.54) is 12.8 Å². The van der Waals surface area contributed by atoms with Crippen molar-refractivity contribution < 1.29 is 4.74 Å². The van der Waals surface area contributed by atoms with Gasteiger partial charge in [0, 0.05) is 17.8 Å². The zero-order valence-electron chi connectivity index (χ0n) is 13.2. The average Bonchev–Trinajstić information content (AvgIpc) is 2.38. The van der Waals surface area contributed by atoms with E-state index in [0.717, 1.165) is 29.5 Å². The lowest BCUT2D eigenvalue weighted by Crippen LogP contribution is -2.36. The van der Waals surface area contributed by atoms with Crippen molar-refractivity contribution >= 4 is 0 Å². The molecule has 1 saturated carbocycles. The Morgan fingerprint density at radius 2 is 2.10 bits per heavy atom. The Morgan fingerprint density at radius 1 is 1.35 bits per heavy atom. The Balaban J connectivity index is 2.19. The highest BCUT2D eigenvalue weighted by atomic mass is 16.5. The van der Waals surface area contributed by atoms with Crippen molar-refractivity contribution in [3.63, 3.8) is 0 Å². The maximum Gasteiger partial charge on any atom is 0.218 e. The molecule has 0 aromatic carbocycles. The Morgan fingerprint density at radius 3 is 2.75 bits per heavy atom. The molecule has 0 amide bonds. The SMILES string of the molecule is Cc1ccc(CN)c(OC2CC(C)CCC2C(C)C)n1. The van der Waals surface area contributed by atoms with Gasteiger partial charge in [-0.15, -0.1) is 0 Å². The van der Waals surface area contributed by atoms with Gasteiger partial charge in [0.05, 0.1) is 0 Å². The summed E-state index contributed by atoms with van der Waals surface area (Å²) in [6.07, 6.45) is 3.97. The number of nitrogens with two attached hydrogens (primary N) is 1. The molecule has 2 rings (SSSR count). The second-order valence-corrected chi connectivity index (χ2v) is 6.60. The van der Waals surface area contributed by atoms with Crippen LogP contribution in [0.2, 0.25) is 0 Å². The van der Waals surface area contributed by atoms with Gasteiger partial charge in [0.25, 0.3) is 0 Å². The molecule has 1 heterocycles. The maximum atomic E-state index is 6.31. The van der Waals surface area contributed by atoms with Crippen LogP contribution in [0, 0.1) is 24.7 Å². The first-order valence-electron chi connectivity index (χ1n) is 7.84. The highest BCUT2D eigenvalue weighted by molar-refractivity contribution is 5.28. The highest BCUT2D eigenvalue weighted by Crippen LogP contribution is 2.36. The molecule has 1 aromatic heterocycles. The smallest absolute Gasteiger partial charge is 0.218 e. The molecule has 0 radical (unpaired) electrons. The van der Waals surface area contributed by atoms with E-state index < -0.39 is 0 Å². The van der Waals surface area contributed by atoms with Crippen molar-refractivity contribution in [1.82, 2.24) is 4.98 Å². The van der Waals surface area contributed by atoms with Crippen LogP contribution in [-0.4, -0.2) is 11.1 Å². The summed E-state index contributed by atoms with van der Waals surface area (Å²) in [5.74, 6) is 2.76. The monoisotopic (exact) mass is 276 g/mol. The summed E-state index contributed by atoms with van der Waals surface area (Å²) in [6, 6.07) is 4.03. The summed E-state index contributed by atoms with van der Waals surface area (Å²) >= 11 is 0. The van der Waals surface area contributed by atoms with Gasteiger partial charge < -0.3 is 10.5 Å². The number of aryl methyl sites for hydroxylation is 1. The largest absolute Gasteiger partial charge is 0.474 e. The van der Waals surface area contributed by atoms with Crippen LogP contribution in [0.15, 0.2) is 12.1 Å². The molecule has 3 heteroatoms. The lowest BCUT2D eigenvalue weighted by Gasteiger charge is -2.37. The van der Waals surface area contributed by atoms with E-state index in [4.69, 9.17) is 10.5 Å². The Bertz CT molecular complexity index is 445. The molecule has 0 aliphatic heterocycles. The quantitative estimate of drug-likeness (QED) is 0.912. The molecule has 1 aliphatic rings. The number of aromatic nitrogens is 1. The Labute approximate surface area is 122 Å². The fourth-order valence-electron chi connectivity index (χ4n) is 3.21. The molecule has 0 saturated heterocycles. The van der Waals surface area contributed by atoms with Crippen molar-refractivity contribution in [2.24, 2.45) is 23.5 Å². The van der Waals surface area contributed by atoms with E-state index in [1.54, 1.807) is 0 Å². The van der Waals surface area contributed by atoms with Crippen LogP contribution >= 0.6 is 0 Å². The van der Waals surface area contributed by atoms with Gasteiger partial charge in [-0.05, 0) is 43.6 Å². The third kappa shape index (κ3) is 3.51. The number of nitrogens with zero attached hydrogens (tertiary/aromatic N) is 1. The number of rotatable bonds is 4. The summed E-state index contributed by atoms with van der Waals surface area (Å²) in [5, 5.41) is 0. The summed E-state index contributed by atoms with van der Waals surface area (Å²) < 4.78 is 6.31. The van der Waals surface area contributed by atoms with Gasteiger partial charge in [-0.3, -0.25) is 0 Å². The predicted molar refractivity (Wildman–Crippen MR) is 82.6 cm³/mol. The normalized spacial score (nSPS) is 26.8. The van der Waals surface area contributed by atoms with Gasteiger partial charge in [0.15, 0.2) is 0 Å². The minimum Gasteiger partial charge on any atom is -0.474 e. The van der Waals surface area contributed by atoms with Crippen LogP contribution < -0.4 is 10.5 Å². The van der Waals surface area contributed by atoms with E-state index in [1.807, 2.05) is 19.1 Å². The molecule has 1 fully saturated rings. The zero-order chi connectivity index (χ0) is 14.7. The third-order valence-corrected chi connectivity index (χ3v) is 4.52. The van der Waals surface area contributed by atoms with Crippen molar-refractivity contribution in [3.8, 4) is 5.88 Å². The Hall–Kier alpha value is -1.09. The van der Waals surface area contributed by atoms with Crippen molar-refractivity contribution in [2.45, 2.75) is 59.6 Å². The number of ether oxygens (including phenoxy) is 1. The first kappa shape index (κ1) is 15.3.